The molecule has 1 aromatic heterocycles. The molecule has 0 saturated carbocycles. The Kier molecular flexibility index (Phi) is 6.35. The number of rotatable bonds is 6. The summed E-state index contributed by atoms with van der Waals surface area (Å²) in [6.45, 7) is 10.5. The maximum Gasteiger partial charge on any atom is 0.145 e. The molecule has 0 fully saturated rings. The lowest BCUT2D eigenvalue weighted by Crippen LogP contribution is -2.40. The van der Waals surface area contributed by atoms with Crippen LogP contribution in [0, 0.1) is 0 Å². The Morgan fingerprint density at radius 3 is 2.14 bits per heavy atom. The number of benzene rings is 4. The van der Waals surface area contributed by atoms with E-state index in [0.717, 1.165) is 33.2 Å². The van der Waals surface area contributed by atoms with Gasteiger partial charge in [-0.25, -0.2) is 0 Å². The molecule has 0 amide bonds. The zero-order valence-corrected chi connectivity index (χ0v) is 23.7. The van der Waals surface area contributed by atoms with Gasteiger partial charge in [-0.3, -0.25) is 0 Å². The molecule has 1 N–H and O–H groups in total. The van der Waals surface area contributed by atoms with Crippen LogP contribution in [0.1, 0.15) is 19.4 Å². The number of hydrogen-bond acceptors (Lipinski definition) is 4. The summed E-state index contributed by atoms with van der Waals surface area (Å²) in [6, 6.07) is 23.4. The molecule has 1 heterocycles. The molecule has 4 aromatic carbocycles. The summed E-state index contributed by atoms with van der Waals surface area (Å²) in [5.74, 6) is 1.98. The highest BCUT2D eigenvalue weighted by molar-refractivity contribution is 6.92. The van der Waals surface area contributed by atoms with E-state index in [1.165, 1.54) is 5.19 Å². The second-order valence-electron chi connectivity index (χ2n) is 10.9. The van der Waals surface area contributed by atoms with Gasteiger partial charge in [-0.05, 0) is 67.1 Å². The molecule has 0 spiro atoms. The van der Waals surface area contributed by atoms with E-state index in [-0.39, 0.29) is 0 Å². The van der Waals surface area contributed by atoms with E-state index < -0.39 is 13.7 Å². The number of halogens is 1. The SMILES string of the molecule is COc1ccc(Oc2c(-c3ccccc3)c([Si](C)(C)C)c3c(oc4ccc(Cl)cc43)c2C(C)(C)O)cc1. The average Bonchev–Trinajstić information content (AvgIpc) is 3.20. The van der Waals surface area contributed by atoms with Crippen molar-refractivity contribution < 1.29 is 19.0 Å². The molecule has 0 aliphatic rings. The first kappa shape index (κ1) is 25.4. The van der Waals surface area contributed by atoms with Crippen LogP contribution in [0.15, 0.2) is 77.2 Å². The number of furan rings is 1. The van der Waals surface area contributed by atoms with E-state index in [0.29, 0.717) is 27.7 Å². The number of hydrogen-bond donors (Lipinski definition) is 1. The van der Waals surface area contributed by atoms with Gasteiger partial charge >= 0.3 is 0 Å². The Hall–Kier alpha value is -3.25. The summed E-state index contributed by atoms with van der Waals surface area (Å²) in [4.78, 5) is 0. The van der Waals surface area contributed by atoms with E-state index >= 15 is 0 Å². The highest BCUT2D eigenvalue weighted by atomic mass is 35.5. The molecule has 6 heteroatoms. The largest absolute Gasteiger partial charge is 0.497 e. The van der Waals surface area contributed by atoms with Crippen LogP contribution < -0.4 is 14.7 Å². The van der Waals surface area contributed by atoms with Crippen molar-refractivity contribution in [3.63, 3.8) is 0 Å². The minimum Gasteiger partial charge on any atom is -0.497 e. The minimum absolute atomic E-state index is 0.596. The summed E-state index contributed by atoms with van der Waals surface area (Å²) >= 11 is 6.48. The van der Waals surface area contributed by atoms with E-state index in [2.05, 4.69) is 31.8 Å². The normalized spacial score (nSPS) is 12.3. The van der Waals surface area contributed by atoms with E-state index in [4.69, 9.17) is 25.5 Å². The average molecular weight is 531 g/mol. The van der Waals surface area contributed by atoms with Crippen LogP contribution in [0.4, 0.5) is 0 Å². The Labute approximate surface area is 223 Å². The third kappa shape index (κ3) is 4.63. The van der Waals surface area contributed by atoms with Gasteiger partial charge in [0.05, 0.1) is 26.3 Å². The van der Waals surface area contributed by atoms with Crippen LogP contribution in [-0.4, -0.2) is 20.3 Å². The molecule has 0 radical (unpaired) electrons. The van der Waals surface area contributed by atoms with Crippen LogP contribution in [0.25, 0.3) is 33.1 Å². The lowest BCUT2D eigenvalue weighted by atomic mass is 9.89. The van der Waals surface area contributed by atoms with Gasteiger partial charge in [0.25, 0.3) is 0 Å². The first-order valence-electron chi connectivity index (χ1n) is 12.3. The molecule has 0 aliphatic heterocycles. The fourth-order valence-corrected chi connectivity index (χ4v) is 7.19. The first-order chi connectivity index (χ1) is 17.5. The minimum atomic E-state index is -2.05. The molecule has 37 heavy (non-hydrogen) atoms. The standard InChI is InChI=1S/C31H31ClO4Si/c1-31(2,33)27-28(35-22-15-13-21(34-3)14-16-22)25(19-10-8-7-9-11-19)30(37(4,5)6)26-23-18-20(32)12-17-24(23)36-29(26)27/h7-18,33H,1-6H3. The summed E-state index contributed by atoms with van der Waals surface area (Å²) in [5.41, 5.74) is 2.69. The van der Waals surface area contributed by atoms with Crippen molar-refractivity contribution in [2.24, 2.45) is 0 Å². The predicted octanol–water partition coefficient (Wildman–Crippen LogP) is 8.48. The highest BCUT2D eigenvalue weighted by Gasteiger charge is 2.37. The molecule has 0 atom stereocenters. The lowest BCUT2D eigenvalue weighted by molar-refractivity contribution is 0.0770. The van der Waals surface area contributed by atoms with Gasteiger partial charge in [0.2, 0.25) is 0 Å². The molecule has 0 bridgehead atoms. The number of aliphatic hydroxyl groups is 1. The zero-order chi connectivity index (χ0) is 26.5. The summed E-state index contributed by atoms with van der Waals surface area (Å²) in [6.07, 6.45) is 0. The van der Waals surface area contributed by atoms with Gasteiger partial charge in [0.1, 0.15) is 28.4 Å². The number of ether oxygens (including phenoxy) is 2. The van der Waals surface area contributed by atoms with Crippen LogP contribution in [0.2, 0.25) is 24.7 Å². The second-order valence-corrected chi connectivity index (χ2v) is 16.3. The quantitative estimate of drug-likeness (QED) is 0.224. The van der Waals surface area contributed by atoms with Crippen molar-refractivity contribution in [1.29, 1.82) is 0 Å². The van der Waals surface area contributed by atoms with Crippen molar-refractivity contribution in [2.75, 3.05) is 7.11 Å². The zero-order valence-electron chi connectivity index (χ0n) is 22.0. The predicted molar refractivity (Wildman–Crippen MR) is 155 cm³/mol. The molecule has 0 saturated heterocycles. The van der Waals surface area contributed by atoms with Crippen LogP contribution >= 0.6 is 11.6 Å². The Balaban J connectivity index is 2.01. The van der Waals surface area contributed by atoms with Crippen molar-refractivity contribution in [3.05, 3.63) is 83.4 Å². The second kappa shape index (κ2) is 9.25. The molecular formula is C31H31ClO4Si. The summed E-state index contributed by atoms with van der Waals surface area (Å²) in [5, 5.41) is 15.4. The molecular weight excluding hydrogens is 500 g/mol. The van der Waals surface area contributed by atoms with Crippen molar-refractivity contribution in [2.45, 2.75) is 39.1 Å². The van der Waals surface area contributed by atoms with Gasteiger partial charge in [-0.15, -0.1) is 0 Å². The lowest BCUT2D eigenvalue weighted by Gasteiger charge is -2.30. The van der Waals surface area contributed by atoms with Gasteiger partial charge in [0.15, 0.2) is 0 Å². The molecule has 5 rings (SSSR count). The van der Waals surface area contributed by atoms with E-state index in [1.807, 2.05) is 60.7 Å². The summed E-state index contributed by atoms with van der Waals surface area (Å²) in [7, 11) is -0.417. The molecule has 5 aromatic rings. The molecule has 0 unspecified atom stereocenters. The Bertz CT molecular complexity index is 1590. The third-order valence-corrected chi connectivity index (χ3v) is 8.77. The summed E-state index contributed by atoms with van der Waals surface area (Å²) < 4.78 is 18.6. The van der Waals surface area contributed by atoms with Crippen LogP contribution in [0.3, 0.4) is 0 Å². The van der Waals surface area contributed by atoms with Crippen LogP contribution in [0.5, 0.6) is 17.2 Å². The van der Waals surface area contributed by atoms with Gasteiger partial charge in [-0.2, -0.15) is 0 Å². The Morgan fingerprint density at radius 1 is 0.892 bits per heavy atom. The van der Waals surface area contributed by atoms with Crippen LogP contribution in [-0.2, 0) is 5.60 Å². The van der Waals surface area contributed by atoms with E-state index in [1.54, 1.807) is 21.0 Å². The number of fused-ring (bicyclic) bond motifs is 3. The highest BCUT2D eigenvalue weighted by Crippen LogP contribution is 2.48. The molecule has 4 nitrogen and oxygen atoms in total. The first-order valence-corrected chi connectivity index (χ1v) is 16.2. The maximum atomic E-state index is 11.6. The number of methoxy groups -OCH3 is 1. The van der Waals surface area contributed by atoms with Crippen molar-refractivity contribution >= 4 is 46.8 Å². The Morgan fingerprint density at radius 2 is 1.54 bits per heavy atom. The van der Waals surface area contributed by atoms with E-state index in [9.17, 15) is 5.11 Å². The third-order valence-electron chi connectivity index (χ3n) is 6.53. The van der Waals surface area contributed by atoms with Crippen molar-refractivity contribution in [1.82, 2.24) is 0 Å². The van der Waals surface area contributed by atoms with Crippen molar-refractivity contribution in [3.8, 4) is 28.4 Å². The topological polar surface area (TPSA) is 51.8 Å². The fraction of sp³-hybridized carbons (Fsp3) is 0.226. The molecule has 0 aliphatic carbocycles. The van der Waals surface area contributed by atoms with Gasteiger partial charge < -0.3 is 19.0 Å². The molecule has 190 valence electrons. The monoisotopic (exact) mass is 530 g/mol. The smallest absolute Gasteiger partial charge is 0.145 e. The van der Waals surface area contributed by atoms with Gasteiger partial charge in [0, 0.05) is 21.4 Å². The maximum absolute atomic E-state index is 11.6. The van der Waals surface area contributed by atoms with Gasteiger partial charge in [-0.1, -0.05) is 61.6 Å². The fourth-order valence-electron chi connectivity index (χ4n) is 5.01.